The summed E-state index contributed by atoms with van der Waals surface area (Å²) in [6, 6.07) is 0. The lowest BCUT2D eigenvalue weighted by Crippen LogP contribution is -2.09. The van der Waals surface area contributed by atoms with Crippen molar-refractivity contribution in [3.8, 4) is 0 Å². The monoisotopic (exact) mass is 186 g/mol. The smallest absolute Gasteiger partial charge is 0.332 e. The third-order valence-electron chi connectivity index (χ3n) is 1.81. The van der Waals surface area contributed by atoms with Gasteiger partial charge in [-0.15, -0.1) is 0 Å². The quantitative estimate of drug-likeness (QED) is 0.640. The summed E-state index contributed by atoms with van der Waals surface area (Å²) in [5.74, 6) is -2.29. The third kappa shape index (κ3) is 3.73. The number of hydrogen-bond acceptors (Lipinski definition) is 2. The number of aliphatic carboxylic acids is 2. The zero-order chi connectivity index (χ0) is 10.4. The minimum atomic E-state index is -1.16. The van der Waals surface area contributed by atoms with Crippen LogP contribution in [0.25, 0.3) is 0 Å². The molecule has 0 heterocycles. The Morgan fingerprint density at radius 2 is 1.69 bits per heavy atom. The lowest BCUT2D eigenvalue weighted by Gasteiger charge is -2.03. The summed E-state index contributed by atoms with van der Waals surface area (Å²) in [4.78, 5) is 21.1. The van der Waals surface area contributed by atoms with Crippen LogP contribution in [0.5, 0.6) is 0 Å². The van der Waals surface area contributed by atoms with Crippen LogP contribution in [0.3, 0.4) is 0 Å². The van der Waals surface area contributed by atoms with E-state index in [2.05, 4.69) is 0 Å². The number of carbonyl (C=O) groups is 2. The van der Waals surface area contributed by atoms with Crippen molar-refractivity contribution in [1.82, 2.24) is 0 Å². The highest BCUT2D eigenvalue weighted by Crippen LogP contribution is 2.12. The fourth-order valence-corrected chi connectivity index (χ4v) is 0.937. The normalized spacial score (nSPS) is 12.2. The molecule has 0 aromatic carbocycles. The Kier molecular flexibility index (Phi) is 4.80. The highest BCUT2D eigenvalue weighted by Gasteiger charge is 2.14. The highest BCUT2D eigenvalue weighted by atomic mass is 16.4. The second kappa shape index (κ2) is 5.35. The summed E-state index contributed by atoms with van der Waals surface area (Å²) in [6.45, 7) is 3.25. The molecular formula is C9H14O4. The minimum Gasteiger partial charge on any atom is -0.478 e. The maximum Gasteiger partial charge on any atom is 0.332 e. The fourth-order valence-electron chi connectivity index (χ4n) is 0.937. The first-order valence-electron chi connectivity index (χ1n) is 4.17. The minimum absolute atomic E-state index is 0.00866. The van der Waals surface area contributed by atoms with Gasteiger partial charge in [0, 0.05) is 11.1 Å². The van der Waals surface area contributed by atoms with E-state index in [0.717, 1.165) is 6.42 Å². The number of carboxylic acid groups (broad SMARTS) is 2. The zero-order valence-corrected chi connectivity index (χ0v) is 7.83. The lowest BCUT2D eigenvalue weighted by atomic mass is 10.0. The number of rotatable bonds is 5. The molecule has 0 fully saturated rings. The summed E-state index contributed by atoms with van der Waals surface area (Å²) in [6.07, 6.45) is 1.87. The van der Waals surface area contributed by atoms with Gasteiger partial charge in [-0.3, -0.25) is 0 Å². The van der Waals surface area contributed by atoms with Crippen LogP contribution in [-0.4, -0.2) is 22.2 Å². The molecule has 0 spiro atoms. The summed E-state index contributed by atoms with van der Waals surface area (Å²) in [5.41, 5.74) is -0.0599. The summed E-state index contributed by atoms with van der Waals surface area (Å²) >= 11 is 0. The first-order valence-corrected chi connectivity index (χ1v) is 4.17. The average molecular weight is 186 g/mol. The van der Waals surface area contributed by atoms with Crippen molar-refractivity contribution in [3.63, 3.8) is 0 Å². The van der Waals surface area contributed by atoms with Gasteiger partial charge in [-0.1, -0.05) is 13.3 Å². The van der Waals surface area contributed by atoms with Gasteiger partial charge in [0.1, 0.15) is 0 Å². The van der Waals surface area contributed by atoms with Crippen molar-refractivity contribution < 1.29 is 19.8 Å². The van der Waals surface area contributed by atoms with E-state index in [4.69, 9.17) is 10.2 Å². The van der Waals surface area contributed by atoms with Crippen molar-refractivity contribution in [3.05, 3.63) is 11.1 Å². The van der Waals surface area contributed by atoms with Crippen molar-refractivity contribution in [2.24, 2.45) is 0 Å². The molecule has 0 atom stereocenters. The molecule has 74 valence electrons. The number of hydrogen-bond donors (Lipinski definition) is 2. The Labute approximate surface area is 76.9 Å². The second-order valence-corrected chi connectivity index (χ2v) is 2.82. The molecule has 0 radical (unpaired) electrons. The standard InChI is InChI=1S/C9H14O4/c1-3-4-5-7(9(12)13)6(2)8(10)11/h3-5H2,1-2H3,(H,10,11)(H,12,13). The van der Waals surface area contributed by atoms with Crippen LogP contribution in [0.15, 0.2) is 11.1 Å². The van der Waals surface area contributed by atoms with Crippen LogP contribution in [0.2, 0.25) is 0 Å². The van der Waals surface area contributed by atoms with Crippen LogP contribution < -0.4 is 0 Å². The van der Waals surface area contributed by atoms with Crippen LogP contribution in [0.1, 0.15) is 33.1 Å². The molecule has 0 bridgehead atoms. The third-order valence-corrected chi connectivity index (χ3v) is 1.81. The van der Waals surface area contributed by atoms with E-state index >= 15 is 0 Å². The van der Waals surface area contributed by atoms with E-state index in [1.54, 1.807) is 0 Å². The van der Waals surface area contributed by atoms with Gasteiger partial charge in [-0.05, 0) is 19.8 Å². The molecule has 0 rings (SSSR count). The predicted molar refractivity (Wildman–Crippen MR) is 47.5 cm³/mol. The Morgan fingerprint density at radius 1 is 1.15 bits per heavy atom. The summed E-state index contributed by atoms with van der Waals surface area (Å²) in [7, 11) is 0. The van der Waals surface area contributed by atoms with Gasteiger partial charge in [-0.2, -0.15) is 0 Å². The SMILES string of the molecule is CCCCC(C(=O)O)=C(C)C(=O)O. The molecule has 0 aromatic heterocycles. The van der Waals surface area contributed by atoms with Gasteiger partial charge in [0.25, 0.3) is 0 Å². The lowest BCUT2D eigenvalue weighted by molar-refractivity contribution is -0.136. The van der Waals surface area contributed by atoms with Gasteiger partial charge < -0.3 is 10.2 Å². The molecule has 2 N–H and O–H groups in total. The van der Waals surface area contributed by atoms with E-state index in [1.807, 2.05) is 6.92 Å². The molecule has 4 nitrogen and oxygen atoms in total. The summed E-state index contributed by atoms with van der Waals surface area (Å²) < 4.78 is 0. The van der Waals surface area contributed by atoms with E-state index in [9.17, 15) is 9.59 Å². The summed E-state index contributed by atoms with van der Waals surface area (Å²) in [5, 5.41) is 17.3. The molecule has 0 aliphatic carbocycles. The highest BCUT2D eigenvalue weighted by molar-refractivity contribution is 5.98. The van der Waals surface area contributed by atoms with Gasteiger partial charge in [-0.25, -0.2) is 9.59 Å². The second-order valence-electron chi connectivity index (χ2n) is 2.82. The molecule has 0 amide bonds. The molecule has 0 aromatic rings. The number of unbranched alkanes of at least 4 members (excludes halogenated alkanes) is 1. The molecule has 0 saturated heterocycles. The Hall–Kier alpha value is -1.32. The maximum atomic E-state index is 10.6. The Balaban J connectivity index is 4.67. The largest absolute Gasteiger partial charge is 0.478 e. The molecule has 4 heteroatoms. The van der Waals surface area contributed by atoms with Gasteiger partial charge >= 0.3 is 11.9 Å². The fraction of sp³-hybridized carbons (Fsp3) is 0.556. The first kappa shape index (κ1) is 11.7. The van der Waals surface area contributed by atoms with Crippen LogP contribution in [0.4, 0.5) is 0 Å². The van der Waals surface area contributed by atoms with Gasteiger partial charge in [0.2, 0.25) is 0 Å². The van der Waals surface area contributed by atoms with Crippen molar-refractivity contribution >= 4 is 11.9 Å². The molecule has 0 aliphatic rings. The molecule has 0 aliphatic heterocycles. The maximum absolute atomic E-state index is 10.6. The topological polar surface area (TPSA) is 74.6 Å². The molecule has 0 unspecified atom stereocenters. The van der Waals surface area contributed by atoms with Crippen molar-refractivity contribution in [2.75, 3.05) is 0 Å². The first-order chi connectivity index (χ1) is 6.00. The molecule has 0 saturated carbocycles. The zero-order valence-electron chi connectivity index (χ0n) is 7.83. The van der Waals surface area contributed by atoms with Gasteiger partial charge in [0.15, 0.2) is 0 Å². The molecule has 13 heavy (non-hydrogen) atoms. The van der Waals surface area contributed by atoms with Crippen molar-refractivity contribution in [2.45, 2.75) is 33.1 Å². The van der Waals surface area contributed by atoms with E-state index in [-0.39, 0.29) is 11.1 Å². The predicted octanol–water partition coefficient (Wildman–Crippen LogP) is 1.66. The Morgan fingerprint density at radius 3 is 2.00 bits per heavy atom. The van der Waals surface area contributed by atoms with E-state index in [1.165, 1.54) is 6.92 Å². The van der Waals surface area contributed by atoms with Crippen molar-refractivity contribution in [1.29, 1.82) is 0 Å². The van der Waals surface area contributed by atoms with Crippen LogP contribution in [0, 0.1) is 0 Å². The van der Waals surface area contributed by atoms with Crippen LogP contribution >= 0.6 is 0 Å². The number of carboxylic acids is 2. The van der Waals surface area contributed by atoms with Gasteiger partial charge in [0.05, 0.1) is 0 Å². The molecular weight excluding hydrogens is 172 g/mol. The average Bonchev–Trinajstić information content (AvgIpc) is 2.04. The van der Waals surface area contributed by atoms with Crippen LogP contribution in [-0.2, 0) is 9.59 Å². The van der Waals surface area contributed by atoms with E-state index < -0.39 is 11.9 Å². The van der Waals surface area contributed by atoms with E-state index in [0.29, 0.717) is 12.8 Å². The Bertz CT molecular complexity index is 240.